The van der Waals surface area contributed by atoms with Crippen LogP contribution >= 0.6 is 0 Å². The Kier molecular flexibility index (Phi) is 3.65. The molecule has 1 aromatic rings. The van der Waals surface area contributed by atoms with Crippen LogP contribution in [-0.2, 0) is 14.3 Å². The quantitative estimate of drug-likeness (QED) is 0.606. The summed E-state index contributed by atoms with van der Waals surface area (Å²) in [6.45, 7) is 3.87. The van der Waals surface area contributed by atoms with Crippen molar-refractivity contribution < 1.29 is 19.1 Å². The van der Waals surface area contributed by atoms with Crippen molar-refractivity contribution in [2.24, 2.45) is 5.92 Å². The second kappa shape index (κ2) is 5.21. The number of hydrogen-bond acceptors (Lipinski definition) is 4. The van der Waals surface area contributed by atoms with Gasteiger partial charge in [0.25, 0.3) is 0 Å². The first-order valence-corrected chi connectivity index (χ1v) is 6.06. The third-order valence-corrected chi connectivity index (χ3v) is 3.05. The third-order valence-electron chi connectivity index (χ3n) is 3.05. The Labute approximate surface area is 106 Å². The molecular weight excluding hydrogens is 232 g/mol. The van der Waals surface area contributed by atoms with Crippen LogP contribution in [0.25, 0.3) is 0 Å². The van der Waals surface area contributed by atoms with Gasteiger partial charge in [0.1, 0.15) is 23.6 Å². The standard InChI is InChI=1S/C14H16O4/c1-3-17-12-7-5-4-6-10(12)13-8-11(9(2)15)14(16)18-13/h4-7,11,13H,3,8H2,1-2H3. The van der Waals surface area contributed by atoms with Gasteiger partial charge in [-0.25, -0.2) is 0 Å². The van der Waals surface area contributed by atoms with Crippen molar-refractivity contribution in [1.29, 1.82) is 0 Å². The highest BCUT2D eigenvalue weighted by molar-refractivity contribution is 5.99. The lowest BCUT2D eigenvalue weighted by Crippen LogP contribution is -2.15. The number of benzene rings is 1. The zero-order valence-electron chi connectivity index (χ0n) is 10.5. The third kappa shape index (κ3) is 2.37. The minimum atomic E-state index is -0.635. The Bertz CT molecular complexity index is 467. The van der Waals surface area contributed by atoms with Crippen LogP contribution in [0.1, 0.15) is 31.9 Å². The lowest BCUT2D eigenvalue weighted by Gasteiger charge is -2.14. The monoisotopic (exact) mass is 248 g/mol. The van der Waals surface area contributed by atoms with Crippen LogP contribution in [0.5, 0.6) is 5.75 Å². The lowest BCUT2D eigenvalue weighted by atomic mass is 9.97. The number of rotatable bonds is 4. The minimum Gasteiger partial charge on any atom is -0.493 e. The molecule has 0 N–H and O–H groups in total. The first-order valence-electron chi connectivity index (χ1n) is 6.06. The van der Waals surface area contributed by atoms with Gasteiger partial charge >= 0.3 is 5.97 Å². The molecule has 1 aliphatic heterocycles. The number of carbonyl (C=O) groups excluding carboxylic acids is 2. The van der Waals surface area contributed by atoms with Crippen LogP contribution in [0.2, 0.25) is 0 Å². The number of Topliss-reactive ketones (excluding diaryl/α,β-unsaturated/α-hetero) is 1. The topological polar surface area (TPSA) is 52.6 Å². The van der Waals surface area contributed by atoms with E-state index in [0.29, 0.717) is 18.8 Å². The summed E-state index contributed by atoms with van der Waals surface area (Å²) in [6.07, 6.45) is 0.0206. The number of para-hydroxylation sites is 1. The molecule has 0 saturated carbocycles. The predicted octanol–water partition coefficient (Wildman–Crippen LogP) is 2.28. The molecule has 2 atom stereocenters. The van der Waals surface area contributed by atoms with Gasteiger partial charge in [0.2, 0.25) is 0 Å². The molecule has 0 spiro atoms. The summed E-state index contributed by atoms with van der Waals surface area (Å²) >= 11 is 0. The van der Waals surface area contributed by atoms with Crippen LogP contribution in [-0.4, -0.2) is 18.4 Å². The fourth-order valence-electron chi connectivity index (χ4n) is 2.14. The second-order valence-corrected chi connectivity index (χ2v) is 4.30. The van der Waals surface area contributed by atoms with Crippen molar-refractivity contribution in [2.75, 3.05) is 6.61 Å². The molecule has 4 nitrogen and oxygen atoms in total. The lowest BCUT2D eigenvalue weighted by molar-refractivity contribution is -0.146. The number of ketones is 1. The Balaban J connectivity index is 2.23. The molecule has 18 heavy (non-hydrogen) atoms. The zero-order valence-corrected chi connectivity index (χ0v) is 10.5. The van der Waals surface area contributed by atoms with Gasteiger partial charge in [-0.05, 0) is 19.9 Å². The van der Waals surface area contributed by atoms with E-state index in [1.165, 1.54) is 6.92 Å². The maximum absolute atomic E-state index is 11.6. The van der Waals surface area contributed by atoms with Gasteiger partial charge in [-0.1, -0.05) is 18.2 Å². The van der Waals surface area contributed by atoms with E-state index in [2.05, 4.69) is 0 Å². The van der Waals surface area contributed by atoms with E-state index in [9.17, 15) is 9.59 Å². The van der Waals surface area contributed by atoms with E-state index in [-0.39, 0.29) is 11.9 Å². The highest BCUT2D eigenvalue weighted by atomic mass is 16.6. The summed E-state index contributed by atoms with van der Waals surface area (Å²) < 4.78 is 10.8. The maximum atomic E-state index is 11.6. The van der Waals surface area contributed by atoms with Crippen LogP contribution in [0.15, 0.2) is 24.3 Å². The van der Waals surface area contributed by atoms with Gasteiger partial charge in [0.15, 0.2) is 0 Å². The van der Waals surface area contributed by atoms with Crippen molar-refractivity contribution in [3.05, 3.63) is 29.8 Å². The van der Waals surface area contributed by atoms with E-state index in [1.807, 2.05) is 31.2 Å². The Morgan fingerprint density at radius 2 is 2.17 bits per heavy atom. The molecule has 0 aliphatic carbocycles. The summed E-state index contributed by atoms with van der Waals surface area (Å²) in [7, 11) is 0. The van der Waals surface area contributed by atoms with E-state index in [4.69, 9.17) is 9.47 Å². The maximum Gasteiger partial charge on any atom is 0.317 e. The smallest absolute Gasteiger partial charge is 0.317 e. The molecule has 1 saturated heterocycles. The summed E-state index contributed by atoms with van der Waals surface area (Å²) in [4.78, 5) is 22.9. The molecule has 0 radical (unpaired) electrons. The number of cyclic esters (lactones) is 1. The van der Waals surface area contributed by atoms with Crippen molar-refractivity contribution in [3.8, 4) is 5.75 Å². The Morgan fingerprint density at radius 3 is 2.78 bits per heavy atom. The van der Waals surface area contributed by atoms with Gasteiger partial charge in [-0.3, -0.25) is 9.59 Å². The van der Waals surface area contributed by atoms with E-state index < -0.39 is 11.9 Å². The molecule has 0 amide bonds. The van der Waals surface area contributed by atoms with E-state index in [0.717, 1.165) is 5.56 Å². The summed E-state index contributed by atoms with van der Waals surface area (Å²) in [5.41, 5.74) is 0.830. The number of hydrogen-bond donors (Lipinski definition) is 0. The van der Waals surface area contributed by atoms with Crippen molar-refractivity contribution in [3.63, 3.8) is 0 Å². The minimum absolute atomic E-state index is 0.142. The number of esters is 1. The highest BCUT2D eigenvalue weighted by Crippen LogP contribution is 2.38. The molecule has 4 heteroatoms. The van der Waals surface area contributed by atoms with Gasteiger partial charge in [-0.15, -0.1) is 0 Å². The SMILES string of the molecule is CCOc1ccccc1C1CC(C(C)=O)C(=O)O1. The van der Waals surface area contributed by atoms with Gasteiger partial charge in [0, 0.05) is 12.0 Å². The molecule has 96 valence electrons. The normalized spacial score (nSPS) is 22.7. The first kappa shape index (κ1) is 12.6. The first-order chi connectivity index (χ1) is 8.63. The van der Waals surface area contributed by atoms with Crippen LogP contribution in [0.3, 0.4) is 0 Å². The Morgan fingerprint density at radius 1 is 1.44 bits per heavy atom. The van der Waals surface area contributed by atoms with Gasteiger partial charge in [0.05, 0.1) is 6.61 Å². The zero-order chi connectivity index (χ0) is 13.1. The van der Waals surface area contributed by atoms with Gasteiger partial charge < -0.3 is 9.47 Å². The number of carbonyl (C=O) groups is 2. The summed E-state index contributed by atoms with van der Waals surface area (Å²) in [5.74, 6) is -0.498. The molecule has 1 aromatic carbocycles. The van der Waals surface area contributed by atoms with E-state index in [1.54, 1.807) is 0 Å². The van der Waals surface area contributed by atoms with Crippen LogP contribution in [0, 0.1) is 5.92 Å². The van der Waals surface area contributed by atoms with Crippen molar-refractivity contribution >= 4 is 11.8 Å². The van der Waals surface area contributed by atoms with Crippen LogP contribution in [0.4, 0.5) is 0 Å². The van der Waals surface area contributed by atoms with Crippen molar-refractivity contribution in [1.82, 2.24) is 0 Å². The average molecular weight is 248 g/mol. The Hall–Kier alpha value is -1.84. The average Bonchev–Trinajstić information content (AvgIpc) is 2.72. The van der Waals surface area contributed by atoms with Crippen molar-refractivity contribution in [2.45, 2.75) is 26.4 Å². The molecule has 2 rings (SSSR count). The molecule has 0 bridgehead atoms. The molecule has 1 aliphatic rings. The molecule has 2 unspecified atom stereocenters. The summed E-state index contributed by atoms with van der Waals surface area (Å²) in [5, 5.41) is 0. The van der Waals surface area contributed by atoms with Crippen LogP contribution < -0.4 is 4.74 Å². The fraction of sp³-hybridized carbons (Fsp3) is 0.429. The molecule has 0 aromatic heterocycles. The fourth-order valence-corrected chi connectivity index (χ4v) is 2.14. The molecular formula is C14H16O4. The highest BCUT2D eigenvalue weighted by Gasteiger charge is 2.39. The molecule has 1 fully saturated rings. The van der Waals surface area contributed by atoms with E-state index >= 15 is 0 Å². The number of ether oxygens (including phenoxy) is 2. The second-order valence-electron chi connectivity index (χ2n) is 4.30. The predicted molar refractivity (Wildman–Crippen MR) is 65.2 cm³/mol. The molecule has 1 heterocycles. The van der Waals surface area contributed by atoms with Gasteiger partial charge in [-0.2, -0.15) is 0 Å². The largest absolute Gasteiger partial charge is 0.493 e. The summed E-state index contributed by atoms with van der Waals surface area (Å²) in [6, 6.07) is 7.44.